The first-order chi connectivity index (χ1) is 11.6. The number of hydrogen-bond acceptors (Lipinski definition) is 6. The van der Waals surface area contributed by atoms with Gasteiger partial charge in [-0.3, -0.25) is 4.79 Å². The Morgan fingerprint density at radius 3 is 2.64 bits per heavy atom. The van der Waals surface area contributed by atoms with Crippen molar-refractivity contribution in [2.45, 2.75) is 20.8 Å². The van der Waals surface area contributed by atoms with Gasteiger partial charge in [-0.05, 0) is 26.1 Å². The van der Waals surface area contributed by atoms with Crippen LogP contribution < -0.4 is 10.2 Å². The fraction of sp³-hybridized carbons (Fsp3) is 0.389. The molecule has 0 aliphatic carbocycles. The quantitative estimate of drug-likeness (QED) is 0.716. The van der Waals surface area contributed by atoms with Crippen LogP contribution in [0.15, 0.2) is 32.0 Å². The average molecular weight is 368 g/mol. The second-order valence-corrected chi connectivity index (χ2v) is 5.64. The highest BCUT2D eigenvalue weighted by Crippen LogP contribution is 2.42. The van der Waals surface area contributed by atoms with Gasteiger partial charge >= 0.3 is 0 Å². The molecule has 7 heteroatoms. The Labute approximate surface area is 151 Å². The molecule has 0 radical (unpaired) electrons. The van der Waals surface area contributed by atoms with E-state index in [0.717, 1.165) is 19.6 Å². The third kappa shape index (κ3) is 3.45. The average Bonchev–Trinajstić information content (AvgIpc) is 2.96. The number of rotatable bonds is 6. The van der Waals surface area contributed by atoms with Crippen LogP contribution in [0.4, 0.5) is 0 Å². The number of hydrogen-bond donors (Lipinski definition) is 1. The Balaban J connectivity index is 0.00000225. The van der Waals surface area contributed by atoms with E-state index in [1.54, 1.807) is 13.0 Å². The summed E-state index contributed by atoms with van der Waals surface area (Å²) in [6.45, 7) is 8.99. The van der Waals surface area contributed by atoms with Crippen molar-refractivity contribution < 1.29 is 18.7 Å². The van der Waals surface area contributed by atoms with Gasteiger partial charge in [0.15, 0.2) is 16.6 Å². The molecule has 136 valence electrons. The van der Waals surface area contributed by atoms with Gasteiger partial charge in [-0.1, -0.05) is 13.8 Å². The first kappa shape index (κ1) is 19.1. The number of benzene rings is 1. The molecule has 3 rings (SSSR count). The van der Waals surface area contributed by atoms with Gasteiger partial charge < -0.3 is 23.6 Å². The molecular formula is C18H22ClNO5. The van der Waals surface area contributed by atoms with Crippen molar-refractivity contribution in [1.82, 2.24) is 4.90 Å². The fourth-order valence-corrected chi connectivity index (χ4v) is 2.85. The predicted octanol–water partition coefficient (Wildman–Crippen LogP) is 3.70. The first-order valence-electron chi connectivity index (χ1n) is 8.08. The minimum Gasteiger partial charge on any atom is -0.506 e. The van der Waals surface area contributed by atoms with E-state index in [-0.39, 0.29) is 34.6 Å². The van der Waals surface area contributed by atoms with Crippen molar-refractivity contribution in [3.8, 4) is 11.5 Å². The van der Waals surface area contributed by atoms with Crippen molar-refractivity contribution in [3.05, 3.63) is 34.4 Å². The molecule has 0 atom stereocenters. The predicted molar refractivity (Wildman–Crippen MR) is 99.2 cm³/mol. The maximum absolute atomic E-state index is 12.2. The second-order valence-electron chi connectivity index (χ2n) is 5.64. The standard InChI is InChI=1S/C18H21NO5.ClH/c1-4-19(5-2)7-9-23-18-16-12(10-11(3)24-16)15(21)14-13(20)6-8-22-17(14)18;/h6,8,10,21H,4-5,7,9H2,1-3H3;1H. The Bertz CT molecular complexity index is 926. The molecule has 0 aliphatic heterocycles. The highest BCUT2D eigenvalue weighted by atomic mass is 35.5. The van der Waals surface area contributed by atoms with E-state index < -0.39 is 0 Å². The minimum atomic E-state index is -0.317. The van der Waals surface area contributed by atoms with Gasteiger partial charge in [-0.2, -0.15) is 0 Å². The maximum atomic E-state index is 12.2. The summed E-state index contributed by atoms with van der Waals surface area (Å²) in [6.07, 6.45) is 1.29. The topological polar surface area (TPSA) is 76.1 Å². The summed E-state index contributed by atoms with van der Waals surface area (Å²) in [5, 5.41) is 11.0. The lowest BCUT2D eigenvalue weighted by Gasteiger charge is -2.18. The lowest BCUT2D eigenvalue weighted by Crippen LogP contribution is -2.28. The van der Waals surface area contributed by atoms with Crippen LogP contribution in [0.25, 0.3) is 21.9 Å². The molecule has 25 heavy (non-hydrogen) atoms. The highest BCUT2D eigenvalue weighted by molar-refractivity contribution is 6.06. The summed E-state index contributed by atoms with van der Waals surface area (Å²) in [6, 6.07) is 2.97. The molecule has 0 bridgehead atoms. The number of halogens is 1. The molecule has 0 amide bonds. The van der Waals surface area contributed by atoms with Crippen molar-refractivity contribution in [3.63, 3.8) is 0 Å². The van der Waals surface area contributed by atoms with Crippen molar-refractivity contribution in [2.24, 2.45) is 0 Å². The molecule has 0 aliphatic rings. The fourth-order valence-electron chi connectivity index (χ4n) is 2.85. The molecular weight excluding hydrogens is 346 g/mol. The van der Waals surface area contributed by atoms with Gasteiger partial charge in [-0.25, -0.2) is 0 Å². The van der Waals surface area contributed by atoms with Crippen LogP contribution >= 0.6 is 12.4 Å². The summed E-state index contributed by atoms with van der Waals surface area (Å²) in [4.78, 5) is 14.4. The van der Waals surface area contributed by atoms with E-state index >= 15 is 0 Å². The molecule has 6 nitrogen and oxygen atoms in total. The Kier molecular flexibility index (Phi) is 5.98. The summed E-state index contributed by atoms with van der Waals surface area (Å²) in [5.74, 6) is 0.842. The zero-order valence-electron chi connectivity index (χ0n) is 14.5. The first-order valence-corrected chi connectivity index (χ1v) is 8.08. The number of furan rings is 1. The van der Waals surface area contributed by atoms with Crippen LogP contribution in [-0.2, 0) is 0 Å². The number of aryl methyl sites for hydroxylation is 1. The molecule has 1 N–H and O–H groups in total. The van der Waals surface area contributed by atoms with E-state index in [0.29, 0.717) is 29.1 Å². The molecule has 2 aromatic heterocycles. The van der Waals surface area contributed by atoms with Gasteiger partial charge in [0.25, 0.3) is 0 Å². The van der Waals surface area contributed by atoms with Crippen LogP contribution in [0, 0.1) is 6.92 Å². The molecule has 0 fully saturated rings. The van der Waals surface area contributed by atoms with Crippen LogP contribution in [0.3, 0.4) is 0 Å². The van der Waals surface area contributed by atoms with Crippen LogP contribution in [0.5, 0.6) is 11.5 Å². The Morgan fingerprint density at radius 2 is 1.96 bits per heavy atom. The van der Waals surface area contributed by atoms with E-state index in [2.05, 4.69) is 18.7 Å². The van der Waals surface area contributed by atoms with Crippen LogP contribution in [0.1, 0.15) is 19.6 Å². The van der Waals surface area contributed by atoms with Gasteiger partial charge in [0.1, 0.15) is 23.5 Å². The lowest BCUT2D eigenvalue weighted by atomic mass is 10.1. The van der Waals surface area contributed by atoms with Crippen LogP contribution in [-0.4, -0.2) is 36.2 Å². The van der Waals surface area contributed by atoms with Crippen molar-refractivity contribution in [2.75, 3.05) is 26.2 Å². The number of aromatic hydroxyl groups is 1. The Morgan fingerprint density at radius 1 is 1.24 bits per heavy atom. The zero-order chi connectivity index (χ0) is 17.3. The SMILES string of the molecule is CCN(CC)CCOc1c2oc(C)cc2c(O)c2c(=O)ccoc12.Cl. The van der Waals surface area contributed by atoms with E-state index in [1.807, 2.05) is 0 Å². The molecule has 2 heterocycles. The van der Waals surface area contributed by atoms with E-state index in [4.69, 9.17) is 13.6 Å². The third-order valence-corrected chi connectivity index (χ3v) is 4.19. The number of ether oxygens (including phenoxy) is 1. The molecule has 3 aromatic rings. The number of fused-ring (bicyclic) bond motifs is 2. The summed E-state index contributed by atoms with van der Waals surface area (Å²) in [7, 11) is 0. The number of phenolic OH excluding ortho intramolecular Hbond substituents is 1. The van der Waals surface area contributed by atoms with Gasteiger partial charge in [0.2, 0.25) is 5.75 Å². The van der Waals surface area contributed by atoms with Gasteiger partial charge in [0, 0.05) is 12.6 Å². The van der Waals surface area contributed by atoms with Gasteiger partial charge in [0.05, 0.1) is 11.6 Å². The van der Waals surface area contributed by atoms with Gasteiger partial charge in [-0.15, -0.1) is 12.4 Å². The molecule has 0 unspecified atom stereocenters. The minimum absolute atomic E-state index is 0. The summed E-state index contributed by atoms with van der Waals surface area (Å²) in [5.41, 5.74) is 0.288. The maximum Gasteiger partial charge on any atom is 0.206 e. The summed E-state index contributed by atoms with van der Waals surface area (Å²) >= 11 is 0. The van der Waals surface area contributed by atoms with Crippen LogP contribution in [0.2, 0.25) is 0 Å². The smallest absolute Gasteiger partial charge is 0.206 e. The monoisotopic (exact) mass is 367 g/mol. The Hall–Kier alpha value is -2.18. The second kappa shape index (κ2) is 7.80. The highest BCUT2D eigenvalue weighted by Gasteiger charge is 2.22. The molecule has 0 saturated heterocycles. The number of nitrogens with zero attached hydrogens (tertiary/aromatic N) is 1. The lowest BCUT2D eigenvalue weighted by molar-refractivity contribution is 0.222. The number of phenols is 1. The van der Waals surface area contributed by atoms with Crippen molar-refractivity contribution >= 4 is 34.3 Å². The third-order valence-electron chi connectivity index (χ3n) is 4.19. The molecule has 0 saturated carbocycles. The molecule has 0 spiro atoms. The number of likely N-dealkylation sites (N-methyl/N-ethyl adjacent to an activating group) is 1. The largest absolute Gasteiger partial charge is 0.506 e. The van der Waals surface area contributed by atoms with E-state index in [9.17, 15) is 9.90 Å². The zero-order valence-corrected chi connectivity index (χ0v) is 15.3. The summed E-state index contributed by atoms with van der Waals surface area (Å²) < 4.78 is 17.1. The molecule has 1 aromatic carbocycles. The van der Waals surface area contributed by atoms with E-state index in [1.165, 1.54) is 12.3 Å². The normalized spacial score (nSPS) is 11.2. The van der Waals surface area contributed by atoms with Crippen molar-refractivity contribution in [1.29, 1.82) is 0 Å².